The van der Waals surface area contributed by atoms with Gasteiger partial charge in [0, 0.05) is 0 Å². The number of rotatable bonds is 7. The summed E-state index contributed by atoms with van der Waals surface area (Å²) in [7, 11) is 1.12. The highest BCUT2D eigenvalue weighted by Crippen LogP contribution is 2.30. The van der Waals surface area contributed by atoms with Gasteiger partial charge >= 0.3 is 5.97 Å². The maximum absolute atomic E-state index is 11.7. The molecule has 2 heterocycles. The van der Waals surface area contributed by atoms with Crippen LogP contribution in [-0.4, -0.2) is 117 Å². The van der Waals surface area contributed by atoms with Crippen LogP contribution >= 0.6 is 0 Å². The molecular weight excluding hydrogens is 436 g/mol. The third kappa shape index (κ3) is 4.80. The molecule has 0 radical (unpaired) electrons. The lowest BCUT2D eigenvalue weighted by Crippen LogP contribution is -2.60. The number of methoxy groups -OCH3 is 1. The topological polar surface area (TPSA) is 205 Å². The highest BCUT2D eigenvalue weighted by atomic mass is 16.7. The van der Waals surface area contributed by atoms with Crippen LogP contribution in [0.5, 0.6) is 11.5 Å². The maximum atomic E-state index is 11.7. The number of phenolic OH excluding ortho intramolecular Hbond substituents is 1. The van der Waals surface area contributed by atoms with Gasteiger partial charge in [-0.15, -0.1) is 0 Å². The van der Waals surface area contributed by atoms with Gasteiger partial charge in [0.05, 0.1) is 26.9 Å². The predicted molar refractivity (Wildman–Crippen MR) is 100 cm³/mol. The van der Waals surface area contributed by atoms with Crippen LogP contribution in [0.3, 0.4) is 0 Å². The number of carbonyl (C=O) groups is 1. The fourth-order valence-electron chi connectivity index (χ4n) is 3.27. The third-order valence-electron chi connectivity index (χ3n) is 5.30. The number of aromatic hydroxyl groups is 1. The Morgan fingerprint density at radius 3 is 2.50 bits per heavy atom. The number of aliphatic hydroxyl groups excluding tert-OH is 5. The van der Waals surface area contributed by atoms with Crippen molar-refractivity contribution in [3.05, 3.63) is 23.8 Å². The summed E-state index contributed by atoms with van der Waals surface area (Å²) in [5, 5.41) is 69.5. The first-order valence-corrected chi connectivity index (χ1v) is 9.63. The van der Waals surface area contributed by atoms with Crippen molar-refractivity contribution in [1.82, 2.24) is 0 Å². The summed E-state index contributed by atoms with van der Waals surface area (Å²) in [6.45, 7) is -1.60. The summed E-state index contributed by atoms with van der Waals surface area (Å²) < 4.78 is 25.9. The van der Waals surface area contributed by atoms with E-state index in [1.807, 2.05) is 0 Å². The van der Waals surface area contributed by atoms with Gasteiger partial charge < -0.3 is 59.4 Å². The third-order valence-corrected chi connectivity index (χ3v) is 5.30. The lowest BCUT2D eigenvalue weighted by molar-refractivity contribution is -0.289. The first-order valence-electron chi connectivity index (χ1n) is 9.63. The Balaban J connectivity index is 1.67. The van der Waals surface area contributed by atoms with Gasteiger partial charge in [0.1, 0.15) is 53.2 Å². The van der Waals surface area contributed by atoms with Crippen molar-refractivity contribution in [2.75, 3.05) is 26.9 Å². The van der Waals surface area contributed by atoms with Gasteiger partial charge in [-0.2, -0.15) is 0 Å². The summed E-state index contributed by atoms with van der Waals surface area (Å²) >= 11 is 0. The average Bonchev–Trinajstić information content (AvgIpc) is 3.08. The lowest BCUT2D eigenvalue weighted by Gasteiger charge is -2.40. The van der Waals surface area contributed by atoms with E-state index in [4.69, 9.17) is 24.1 Å². The van der Waals surface area contributed by atoms with Crippen molar-refractivity contribution in [3.63, 3.8) is 0 Å². The molecule has 0 amide bonds. The van der Waals surface area contributed by atoms with Gasteiger partial charge in [0.15, 0.2) is 6.29 Å². The van der Waals surface area contributed by atoms with E-state index in [0.29, 0.717) is 0 Å². The van der Waals surface area contributed by atoms with Gasteiger partial charge in [0.25, 0.3) is 0 Å². The Bertz CT molecular complexity index is 803. The number of hydrogen-bond donors (Lipinski definition) is 7. The number of aliphatic hydroxyl groups is 6. The molecule has 1 aromatic carbocycles. The van der Waals surface area contributed by atoms with E-state index in [1.54, 1.807) is 0 Å². The van der Waals surface area contributed by atoms with E-state index in [9.17, 15) is 35.4 Å². The van der Waals surface area contributed by atoms with Crippen molar-refractivity contribution in [2.45, 2.75) is 48.7 Å². The normalized spacial score (nSPS) is 37.3. The van der Waals surface area contributed by atoms with Crippen molar-refractivity contribution in [3.8, 4) is 11.5 Å². The molecule has 2 saturated heterocycles. The molecule has 0 aliphatic carbocycles. The maximum Gasteiger partial charge on any atom is 0.341 e. The predicted octanol–water partition coefficient (Wildman–Crippen LogP) is -3.18. The number of esters is 1. The highest BCUT2D eigenvalue weighted by molar-refractivity contribution is 5.92. The molecule has 0 unspecified atom stereocenters. The Labute approximate surface area is 181 Å². The Morgan fingerprint density at radius 2 is 1.88 bits per heavy atom. The second-order valence-corrected chi connectivity index (χ2v) is 7.52. The van der Waals surface area contributed by atoms with Crippen LogP contribution in [0.1, 0.15) is 10.4 Å². The van der Waals surface area contributed by atoms with Crippen molar-refractivity contribution >= 4 is 5.97 Å². The largest absolute Gasteiger partial charge is 0.507 e. The Morgan fingerprint density at radius 1 is 1.16 bits per heavy atom. The molecule has 180 valence electrons. The van der Waals surface area contributed by atoms with Crippen LogP contribution in [0.2, 0.25) is 0 Å². The minimum absolute atomic E-state index is 0.0157. The minimum Gasteiger partial charge on any atom is -0.507 e. The van der Waals surface area contributed by atoms with Crippen LogP contribution in [-0.2, 0) is 18.9 Å². The number of carbonyl (C=O) groups excluding carboxylic acids is 1. The van der Waals surface area contributed by atoms with Crippen LogP contribution in [0, 0.1) is 0 Å². The molecule has 1 aromatic rings. The molecule has 32 heavy (non-hydrogen) atoms. The molecule has 7 N–H and O–H groups in total. The van der Waals surface area contributed by atoms with Gasteiger partial charge in [-0.1, -0.05) is 0 Å². The van der Waals surface area contributed by atoms with E-state index < -0.39 is 67.9 Å². The highest BCUT2D eigenvalue weighted by Gasteiger charge is 2.50. The van der Waals surface area contributed by atoms with Crippen molar-refractivity contribution in [2.24, 2.45) is 0 Å². The first-order chi connectivity index (χ1) is 15.1. The van der Waals surface area contributed by atoms with Crippen molar-refractivity contribution in [1.29, 1.82) is 0 Å². The number of hydrogen-bond acceptors (Lipinski definition) is 13. The zero-order valence-corrected chi connectivity index (χ0v) is 17.0. The average molecular weight is 462 g/mol. The lowest BCUT2D eigenvalue weighted by atomic mass is 9.99. The van der Waals surface area contributed by atoms with E-state index >= 15 is 0 Å². The van der Waals surface area contributed by atoms with E-state index in [-0.39, 0.29) is 23.7 Å². The molecular formula is C19H26O13. The molecule has 2 aliphatic rings. The molecule has 0 spiro atoms. The van der Waals surface area contributed by atoms with E-state index in [1.165, 1.54) is 6.07 Å². The summed E-state index contributed by atoms with van der Waals surface area (Å²) in [5.41, 5.74) is -2.12. The number of ether oxygens (including phenoxy) is 5. The second kappa shape index (κ2) is 9.82. The molecule has 2 aliphatic heterocycles. The summed E-state index contributed by atoms with van der Waals surface area (Å²) in [4.78, 5) is 11.7. The zero-order chi connectivity index (χ0) is 23.6. The van der Waals surface area contributed by atoms with Crippen LogP contribution in [0.25, 0.3) is 0 Å². The van der Waals surface area contributed by atoms with Crippen LogP contribution < -0.4 is 4.74 Å². The number of benzene rings is 1. The van der Waals surface area contributed by atoms with Gasteiger partial charge in [0.2, 0.25) is 6.29 Å². The van der Waals surface area contributed by atoms with Gasteiger partial charge in [-0.05, 0) is 18.2 Å². The summed E-state index contributed by atoms with van der Waals surface area (Å²) in [6, 6.07) is 3.57. The second-order valence-electron chi connectivity index (χ2n) is 7.52. The Kier molecular flexibility index (Phi) is 7.54. The molecule has 13 heteroatoms. The summed E-state index contributed by atoms with van der Waals surface area (Å²) in [6.07, 6.45) is -10.7. The molecule has 0 saturated carbocycles. The molecule has 13 nitrogen and oxygen atoms in total. The Hall–Kier alpha value is -2.07. The van der Waals surface area contributed by atoms with E-state index in [2.05, 4.69) is 4.74 Å². The standard InChI is InChI=1S/C19H26O13/c1-28-16(26)9-4-8(2-3-10(9)21)31-17-14(24)13(23)12(22)11(32-17)5-29-18-15(25)19(27,6-20)7-30-18/h2-4,11-15,17-18,20-25,27H,5-7H2,1H3/t11-,12-,13+,14-,15+,17-,18-,19+/m1/s1. The molecule has 0 bridgehead atoms. The first kappa shape index (κ1) is 24.6. The summed E-state index contributed by atoms with van der Waals surface area (Å²) in [5.74, 6) is -1.22. The van der Waals surface area contributed by atoms with Crippen molar-refractivity contribution < 1.29 is 64.2 Å². The minimum atomic E-state index is -1.91. The van der Waals surface area contributed by atoms with Crippen LogP contribution in [0.4, 0.5) is 0 Å². The molecule has 8 atom stereocenters. The van der Waals surface area contributed by atoms with E-state index in [0.717, 1.165) is 19.2 Å². The molecule has 2 fully saturated rings. The van der Waals surface area contributed by atoms with Gasteiger partial charge in [-0.3, -0.25) is 0 Å². The quantitative estimate of drug-likeness (QED) is 0.200. The zero-order valence-electron chi connectivity index (χ0n) is 17.0. The molecule has 3 rings (SSSR count). The monoisotopic (exact) mass is 462 g/mol. The fraction of sp³-hybridized carbons (Fsp3) is 0.632. The number of phenols is 1. The van der Waals surface area contributed by atoms with Gasteiger partial charge in [-0.25, -0.2) is 4.79 Å². The van der Waals surface area contributed by atoms with Crippen LogP contribution in [0.15, 0.2) is 18.2 Å². The fourth-order valence-corrected chi connectivity index (χ4v) is 3.27. The molecule has 0 aromatic heterocycles. The SMILES string of the molecule is COC(=O)c1cc(O[C@@H]2O[C@H](CO[C@@H]3OC[C@@](O)(CO)[C@H]3O)[C@@H](O)[C@H](O)[C@H]2O)ccc1O. The smallest absolute Gasteiger partial charge is 0.341 e.